The number of carbonyl (C=O) groups is 1. The van der Waals surface area contributed by atoms with Crippen LogP contribution in [0.4, 0.5) is 0 Å². The van der Waals surface area contributed by atoms with Crippen molar-refractivity contribution in [3.8, 4) is 0 Å². The lowest BCUT2D eigenvalue weighted by atomic mass is 10.0. The molecule has 7 heteroatoms. The van der Waals surface area contributed by atoms with E-state index in [4.69, 9.17) is 0 Å². The molecule has 1 aromatic heterocycles. The van der Waals surface area contributed by atoms with Crippen LogP contribution in [0.2, 0.25) is 0 Å². The van der Waals surface area contributed by atoms with Crippen LogP contribution in [0.25, 0.3) is 0 Å². The molecule has 0 radical (unpaired) electrons. The van der Waals surface area contributed by atoms with Gasteiger partial charge < -0.3 is 4.90 Å². The van der Waals surface area contributed by atoms with Gasteiger partial charge in [0.15, 0.2) is 0 Å². The molecule has 1 fully saturated rings. The van der Waals surface area contributed by atoms with Crippen LogP contribution in [0.3, 0.4) is 0 Å². The molecule has 0 N–H and O–H groups in total. The largest absolute Gasteiger partial charge is 0.338 e. The Morgan fingerprint density at radius 3 is 2.41 bits per heavy atom. The fourth-order valence-corrected chi connectivity index (χ4v) is 3.81. The van der Waals surface area contributed by atoms with Crippen LogP contribution < -0.4 is 0 Å². The quantitative estimate of drug-likeness (QED) is 0.645. The molecule has 0 saturated carbocycles. The molecule has 1 amide bonds. The number of tetrazole rings is 1. The minimum absolute atomic E-state index is 0.0803. The minimum atomic E-state index is -0.421. The molecule has 7 nitrogen and oxygen atoms in total. The Bertz CT molecular complexity index is 919. The lowest BCUT2D eigenvalue weighted by Gasteiger charge is -2.36. The van der Waals surface area contributed by atoms with Gasteiger partial charge >= 0.3 is 0 Å². The summed E-state index contributed by atoms with van der Waals surface area (Å²) in [7, 11) is 0. The van der Waals surface area contributed by atoms with Crippen molar-refractivity contribution in [2.45, 2.75) is 25.9 Å². The monoisotopic (exact) mass is 390 g/mol. The van der Waals surface area contributed by atoms with Crippen LogP contribution >= 0.6 is 0 Å². The van der Waals surface area contributed by atoms with Crippen molar-refractivity contribution in [3.05, 3.63) is 77.6 Å². The third-order valence-electron chi connectivity index (χ3n) is 5.58. The first-order valence-corrected chi connectivity index (χ1v) is 10.0. The van der Waals surface area contributed by atoms with Gasteiger partial charge in [0, 0.05) is 39.1 Å². The molecular weight excluding hydrogens is 364 g/mol. The highest BCUT2D eigenvalue weighted by Crippen LogP contribution is 2.18. The maximum atomic E-state index is 13.3. The van der Waals surface area contributed by atoms with Gasteiger partial charge in [-0.3, -0.25) is 9.69 Å². The zero-order chi connectivity index (χ0) is 20.1. The molecule has 1 saturated heterocycles. The van der Waals surface area contributed by atoms with E-state index < -0.39 is 6.04 Å². The van der Waals surface area contributed by atoms with Gasteiger partial charge in [-0.25, -0.2) is 4.68 Å². The van der Waals surface area contributed by atoms with Crippen LogP contribution in [0.5, 0.6) is 0 Å². The summed E-state index contributed by atoms with van der Waals surface area (Å²) in [5, 5.41) is 11.5. The molecule has 29 heavy (non-hydrogen) atoms. The van der Waals surface area contributed by atoms with E-state index in [1.807, 2.05) is 35.2 Å². The topological polar surface area (TPSA) is 67.2 Å². The van der Waals surface area contributed by atoms with Crippen molar-refractivity contribution >= 4 is 5.91 Å². The van der Waals surface area contributed by atoms with Gasteiger partial charge in [0.25, 0.3) is 0 Å². The van der Waals surface area contributed by atoms with Crippen molar-refractivity contribution in [2.75, 3.05) is 26.2 Å². The molecule has 1 aliphatic heterocycles. The first kappa shape index (κ1) is 19.3. The van der Waals surface area contributed by atoms with Crippen LogP contribution in [-0.2, 0) is 17.8 Å². The molecule has 4 rings (SSSR count). The molecule has 150 valence electrons. The summed E-state index contributed by atoms with van der Waals surface area (Å²) in [6, 6.07) is 18.1. The Labute approximate surface area is 170 Å². The Balaban J connectivity index is 1.41. The third-order valence-corrected chi connectivity index (χ3v) is 5.58. The second-order valence-electron chi connectivity index (χ2n) is 7.52. The molecule has 1 unspecified atom stereocenters. The predicted octanol–water partition coefficient (Wildman–Crippen LogP) is 2.11. The van der Waals surface area contributed by atoms with Crippen LogP contribution in [0.15, 0.2) is 60.9 Å². The third kappa shape index (κ3) is 4.68. The summed E-state index contributed by atoms with van der Waals surface area (Å²) in [5.41, 5.74) is 3.76. The standard InChI is InChI=1S/C22H26N6O/c1-18-7-5-6-10-20(18)16-26-11-13-27(14-12-26)22(29)21(28-17-23-24-25-28)15-19-8-3-2-4-9-19/h2-10,17,21H,11-16H2,1H3. The van der Waals surface area contributed by atoms with Crippen LogP contribution in [0.1, 0.15) is 22.7 Å². The first-order chi connectivity index (χ1) is 14.2. The summed E-state index contributed by atoms with van der Waals surface area (Å²) in [6.45, 7) is 6.25. The zero-order valence-electron chi connectivity index (χ0n) is 16.7. The van der Waals surface area contributed by atoms with Crippen molar-refractivity contribution < 1.29 is 4.79 Å². The van der Waals surface area contributed by atoms with E-state index in [0.29, 0.717) is 6.42 Å². The van der Waals surface area contributed by atoms with E-state index >= 15 is 0 Å². The summed E-state index contributed by atoms with van der Waals surface area (Å²) in [4.78, 5) is 17.7. The van der Waals surface area contributed by atoms with Crippen molar-refractivity contribution in [2.24, 2.45) is 0 Å². The highest BCUT2D eigenvalue weighted by atomic mass is 16.2. The first-order valence-electron chi connectivity index (χ1n) is 10.0. The molecule has 0 aliphatic carbocycles. The van der Waals surface area contributed by atoms with Gasteiger partial charge in [-0.1, -0.05) is 54.6 Å². The van der Waals surface area contributed by atoms with Gasteiger partial charge in [0.05, 0.1) is 0 Å². The number of carbonyl (C=O) groups excluding carboxylic acids is 1. The van der Waals surface area contributed by atoms with Crippen LogP contribution in [-0.4, -0.2) is 62.1 Å². The number of amides is 1. The molecule has 2 aromatic carbocycles. The summed E-state index contributed by atoms with van der Waals surface area (Å²) in [5.74, 6) is 0.0803. The number of benzene rings is 2. The number of aromatic nitrogens is 4. The van der Waals surface area contributed by atoms with E-state index in [1.54, 1.807) is 4.68 Å². The maximum absolute atomic E-state index is 13.3. The molecule has 1 aliphatic rings. The number of nitrogens with zero attached hydrogens (tertiary/aromatic N) is 6. The normalized spacial score (nSPS) is 16.0. The summed E-state index contributed by atoms with van der Waals surface area (Å²) < 4.78 is 1.58. The zero-order valence-corrected chi connectivity index (χ0v) is 16.7. The second-order valence-corrected chi connectivity index (χ2v) is 7.52. The molecule has 3 aromatic rings. The number of hydrogen-bond acceptors (Lipinski definition) is 5. The second kappa shape index (κ2) is 8.96. The lowest BCUT2D eigenvalue weighted by Crippen LogP contribution is -2.50. The average molecular weight is 390 g/mol. The summed E-state index contributed by atoms with van der Waals surface area (Å²) >= 11 is 0. The maximum Gasteiger partial charge on any atom is 0.248 e. The van der Waals surface area contributed by atoms with E-state index in [0.717, 1.165) is 38.3 Å². The lowest BCUT2D eigenvalue weighted by molar-refractivity contribution is -0.137. The Morgan fingerprint density at radius 1 is 1.00 bits per heavy atom. The Hall–Kier alpha value is -3.06. The SMILES string of the molecule is Cc1ccccc1CN1CCN(C(=O)C(Cc2ccccc2)n2cnnn2)CC1. The van der Waals surface area contributed by atoms with E-state index in [1.165, 1.54) is 17.5 Å². The van der Waals surface area contributed by atoms with Gasteiger partial charge in [-0.2, -0.15) is 0 Å². The molecule has 1 atom stereocenters. The molecule has 0 bridgehead atoms. The highest BCUT2D eigenvalue weighted by molar-refractivity contribution is 5.80. The average Bonchev–Trinajstić information content (AvgIpc) is 3.29. The van der Waals surface area contributed by atoms with Gasteiger partial charge in [0.1, 0.15) is 12.4 Å². The van der Waals surface area contributed by atoms with E-state index in [-0.39, 0.29) is 5.91 Å². The van der Waals surface area contributed by atoms with Gasteiger partial charge in [0.2, 0.25) is 5.91 Å². The fourth-order valence-electron chi connectivity index (χ4n) is 3.81. The number of piperazine rings is 1. The van der Waals surface area contributed by atoms with Gasteiger partial charge in [-0.15, -0.1) is 5.10 Å². The van der Waals surface area contributed by atoms with E-state index in [9.17, 15) is 4.79 Å². The minimum Gasteiger partial charge on any atom is -0.338 e. The van der Waals surface area contributed by atoms with Crippen molar-refractivity contribution in [1.82, 2.24) is 30.0 Å². The predicted molar refractivity (Wildman–Crippen MR) is 110 cm³/mol. The summed E-state index contributed by atoms with van der Waals surface area (Å²) in [6.07, 6.45) is 2.11. The smallest absolute Gasteiger partial charge is 0.248 e. The number of aryl methyl sites for hydroxylation is 1. The number of rotatable bonds is 6. The van der Waals surface area contributed by atoms with Crippen LogP contribution in [0, 0.1) is 6.92 Å². The molecule has 2 heterocycles. The Morgan fingerprint density at radius 2 is 1.72 bits per heavy atom. The van der Waals surface area contributed by atoms with Crippen molar-refractivity contribution in [1.29, 1.82) is 0 Å². The van der Waals surface area contributed by atoms with Crippen molar-refractivity contribution in [3.63, 3.8) is 0 Å². The van der Waals surface area contributed by atoms with Gasteiger partial charge in [-0.05, 0) is 34.0 Å². The molecule has 0 spiro atoms. The Kier molecular flexibility index (Phi) is 5.95. The fraction of sp³-hybridized carbons (Fsp3) is 0.364. The number of hydrogen-bond donors (Lipinski definition) is 0. The molecular formula is C22H26N6O. The highest BCUT2D eigenvalue weighted by Gasteiger charge is 2.29. The van der Waals surface area contributed by atoms with E-state index in [2.05, 4.69) is 51.6 Å².